The predicted molar refractivity (Wildman–Crippen MR) is 63.4 cm³/mol. The highest BCUT2D eigenvalue weighted by Crippen LogP contribution is 2.04. The minimum atomic E-state index is -0.0165. The summed E-state index contributed by atoms with van der Waals surface area (Å²) in [5.41, 5.74) is 0. The smallest absolute Gasteiger partial charge is 0.241 e. The number of rotatable bonds is 1. The zero-order chi connectivity index (χ0) is 11.4. The Labute approximate surface area is 97.2 Å². The zero-order valence-electron chi connectivity index (χ0n) is 10.0. The lowest BCUT2D eigenvalue weighted by atomic mass is 10.2. The molecular formula is C11H22N4O. The highest BCUT2D eigenvalue weighted by atomic mass is 16.2. The van der Waals surface area contributed by atoms with Crippen molar-refractivity contribution in [3.63, 3.8) is 0 Å². The number of likely N-dealkylation sites (N-methyl/N-ethyl adjacent to an activating group) is 1. The van der Waals surface area contributed by atoms with Gasteiger partial charge in [-0.25, -0.2) is 0 Å². The van der Waals surface area contributed by atoms with Crippen molar-refractivity contribution in [2.75, 3.05) is 52.9 Å². The summed E-state index contributed by atoms with van der Waals surface area (Å²) < 4.78 is 0. The van der Waals surface area contributed by atoms with Crippen LogP contribution < -0.4 is 10.6 Å². The number of nitrogens with zero attached hydrogens (tertiary/aromatic N) is 2. The normalized spacial score (nSPS) is 28.8. The summed E-state index contributed by atoms with van der Waals surface area (Å²) >= 11 is 0. The molecule has 2 rings (SSSR count). The molecule has 0 radical (unpaired) electrons. The van der Waals surface area contributed by atoms with Crippen molar-refractivity contribution in [3.05, 3.63) is 0 Å². The molecule has 16 heavy (non-hydrogen) atoms. The van der Waals surface area contributed by atoms with E-state index in [1.807, 2.05) is 4.90 Å². The van der Waals surface area contributed by atoms with Crippen molar-refractivity contribution in [3.8, 4) is 0 Å². The second-order valence-corrected chi connectivity index (χ2v) is 4.69. The predicted octanol–water partition coefficient (Wildman–Crippen LogP) is -1.29. The monoisotopic (exact) mass is 226 g/mol. The quantitative estimate of drug-likeness (QED) is 0.584. The van der Waals surface area contributed by atoms with E-state index >= 15 is 0 Å². The van der Waals surface area contributed by atoms with Gasteiger partial charge in [-0.3, -0.25) is 4.79 Å². The third kappa shape index (κ3) is 2.93. The topological polar surface area (TPSA) is 47.6 Å². The van der Waals surface area contributed by atoms with E-state index in [1.165, 1.54) is 0 Å². The van der Waals surface area contributed by atoms with Crippen molar-refractivity contribution in [2.45, 2.75) is 12.5 Å². The molecule has 2 heterocycles. The molecule has 1 amide bonds. The van der Waals surface area contributed by atoms with E-state index in [4.69, 9.17) is 0 Å². The molecule has 0 spiro atoms. The highest BCUT2D eigenvalue weighted by molar-refractivity contribution is 5.82. The Kier molecular flexibility index (Phi) is 4.15. The first kappa shape index (κ1) is 11.8. The van der Waals surface area contributed by atoms with Crippen LogP contribution in [0.25, 0.3) is 0 Å². The van der Waals surface area contributed by atoms with Gasteiger partial charge in [-0.15, -0.1) is 0 Å². The van der Waals surface area contributed by atoms with Crippen LogP contribution in [0.4, 0.5) is 0 Å². The number of amides is 1. The second kappa shape index (κ2) is 5.61. The van der Waals surface area contributed by atoms with Gasteiger partial charge in [0, 0.05) is 39.3 Å². The first-order valence-electron chi connectivity index (χ1n) is 6.19. The Bertz CT molecular complexity index is 240. The molecule has 2 fully saturated rings. The molecule has 1 unspecified atom stereocenters. The van der Waals surface area contributed by atoms with Crippen molar-refractivity contribution >= 4 is 5.91 Å². The van der Waals surface area contributed by atoms with Crippen LogP contribution in [-0.2, 0) is 4.79 Å². The average molecular weight is 226 g/mol. The molecule has 2 aliphatic rings. The van der Waals surface area contributed by atoms with Crippen LogP contribution in [0.3, 0.4) is 0 Å². The van der Waals surface area contributed by atoms with Gasteiger partial charge in [0.2, 0.25) is 5.91 Å². The molecule has 2 saturated heterocycles. The van der Waals surface area contributed by atoms with Crippen molar-refractivity contribution in [1.29, 1.82) is 0 Å². The van der Waals surface area contributed by atoms with E-state index in [9.17, 15) is 4.79 Å². The van der Waals surface area contributed by atoms with Gasteiger partial charge >= 0.3 is 0 Å². The van der Waals surface area contributed by atoms with Gasteiger partial charge in [0.05, 0.1) is 6.04 Å². The molecular weight excluding hydrogens is 204 g/mol. The van der Waals surface area contributed by atoms with E-state index in [1.54, 1.807) is 0 Å². The van der Waals surface area contributed by atoms with Crippen LogP contribution in [0, 0.1) is 0 Å². The zero-order valence-corrected chi connectivity index (χ0v) is 10.0. The third-order valence-corrected chi connectivity index (χ3v) is 3.37. The minimum Gasteiger partial charge on any atom is -0.340 e. The lowest BCUT2D eigenvalue weighted by molar-refractivity contribution is -0.133. The largest absolute Gasteiger partial charge is 0.340 e. The fraction of sp³-hybridized carbons (Fsp3) is 0.909. The van der Waals surface area contributed by atoms with Crippen LogP contribution in [-0.4, -0.2) is 74.6 Å². The molecule has 1 atom stereocenters. The molecule has 0 saturated carbocycles. The van der Waals surface area contributed by atoms with Crippen LogP contribution in [0.1, 0.15) is 6.42 Å². The number of carbonyl (C=O) groups excluding carboxylic acids is 1. The highest BCUT2D eigenvalue weighted by Gasteiger charge is 2.26. The summed E-state index contributed by atoms with van der Waals surface area (Å²) in [5, 5.41) is 6.54. The van der Waals surface area contributed by atoms with E-state index in [-0.39, 0.29) is 11.9 Å². The Morgan fingerprint density at radius 2 is 2.06 bits per heavy atom. The molecule has 5 heteroatoms. The summed E-state index contributed by atoms with van der Waals surface area (Å²) in [6.07, 6.45) is 1.09. The summed E-state index contributed by atoms with van der Waals surface area (Å²) in [6, 6.07) is -0.0165. The first-order valence-corrected chi connectivity index (χ1v) is 6.19. The fourth-order valence-electron chi connectivity index (χ4n) is 2.32. The molecule has 5 nitrogen and oxygen atoms in total. The molecule has 0 aromatic rings. The summed E-state index contributed by atoms with van der Waals surface area (Å²) in [4.78, 5) is 16.5. The van der Waals surface area contributed by atoms with Gasteiger partial charge in [0.1, 0.15) is 0 Å². The molecule has 0 aromatic heterocycles. The number of hydrogen-bond donors (Lipinski definition) is 2. The summed E-state index contributed by atoms with van der Waals surface area (Å²) in [7, 11) is 2.12. The van der Waals surface area contributed by atoms with Gasteiger partial charge in [-0.1, -0.05) is 0 Å². The molecule has 0 aliphatic carbocycles. The lowest BCUT2D eigenvalue weighted by Crippen LogP contribution is -2.57. The number of nitrogens with one attached hydrogen (secondary N) is 2. The van der Waals surface area contributed by atoms with Crippen LogP contribution in [0.15, 0.2) is 0 Å². The maximum atomic E-state index is 12.2. The van der Waals surface area contributed by atoms with Crippen molar-refractivity contribution in [2.24, 2.45) is 0 Å². The van der Waals surface area contributed by atoms with E-state index < -0.39 is 0 Å². The van der Waals surface area contributed by atoms with Gasteiger partial charge in [-0.05, 0) is 20.0 Å². The molecule has 0 bridgehead atoms. The van der Waals surface area contributed by atoms with Gasteiger partial charge in [0.15, 0.2) is 0 Å². The van der Waals surface area contributed by atoms with Gasteiger partial charge < -0.3 is 20.4 Å². The van der Waals surface area contributed by atoms with E-state index in [0.717, 1.165) is 52.2 Å². The van der Waals surface area contributed by atoms with Gasteiger partial charge in [0.25, 0.3) is 0 Å². The molecule has 92 valence electrons. The maximum absolute atomic E-state index is 12.2. The fourth-order valence-corrected chi connectivity index (χ4v) is 2.32. The molecule has 2 aliphatic heterocycles. The van der Waals surface area contributed by atoms with Gasteiger partial charge in [-0.2, -0.15) is 0 Å². The number of carbonyl (C=O) groups is 1. The first-order chi connectivity index (χ1) is 7.77. The number of piperazine rings is 1. The lowest BCUT2D eigenvalue weighted by Gasteiger charge is -2.29. The third-order valence-electron chi connectivity index (χ3n) is 3.37. The second-order valence-electron chi connectivity index (χ2n) is 4.69. The van der Waals surface area contributed by atoms with E-state index in [0.29, 0.717) is 0 Å². The number of hydrogen-bond acceptors (Lipinski definition) is 4. The van der Waals surface area contributed by atoms with E-state index in [2.05, 4.69) is 22.6 Å². The molecule has 2 N–H and O–H groups in total. The standard InChI is InChI=1S/C11H22N4O/c1-14-5-2-6-15(8-7-14)11(16)10-9-12-3-4-13-10/h10,12-13H,2-9H2,1H3. The maximum Gasteiger partial charge on any atom is 0.241 e. The SMILES string of the molecule is CN1CCCN(C(=O)C2CNCCN2)CC1. The van der Waals surface area contributed by atoms with Crippen LogP contribution >= 0.6 is 0 Å². The average Bonchev–Trinajstić information content (AvgIpc) is 2.54. The molecule has 0 aromatic carbocycles. The summed E-state index contributed by atoms with van der Waals surface area (Å²) in [5.74, 6) is 0.266. The van der Waals surface area contributed by atoms with Crippen LogP contribution in [0.2, 0.25) is 0 Å². The Hall–Kier alpha value is -0.650. The van der Waals surface area contributed by atoms with Crippen molar-refractivity contribution in [1.82, 2.24) is 20.4 Å². The Balaban J connectivity index is 1.87. The summed E-state index contributed by atoms with van der Waals surface area (Å²) in [6.45, 7) is 6.49. The minimum absolute atomic E-state index is 0.0165. The van der Waals surface area contributed by atoms with Crippen LogP contribution in [0.5, 0.6) is 0 Å². The van der Waals surface area contributed by atoms with Crippen molar-refractivity contribution < 1.29 is 4.79 Å². The Morgan fingerprint density at radius 3 is 2.81 bits per heavy atom. The Morgan fingerprint density at radius 1 is 1.19 bits per heavy atom.